The van der Waals surface area contributed by atoms with E-state index in [4.69, 9.17) is 27.9 Å². The number of carbonyl (C=O) groups excluding carboxylic acids is 3. The highest BCUT2D eigenvalue weighted by Crippen LogP contribution is 2.16. The second kappa shape index (κ2) is 16.3. The van der Waals surface area contributed by atoms with Gasteiger partial charge in [-0.05, 0) is 81.8 Å². The normalized spacial score (nSPS) is 15.7. The summed E-state index contributed by atoms with van der Waals surface area (Å²) in [5.41, 5.74) is 1.67. The Hall–Kier alpha value is -2.81. The molecule has 1 aliphatic rings. The van der Waals surface area contributed by atoms with E-state index in [1.165, 1.54) is 12.7 Å². The van der Waals surface area contributed by atoms with E-state index in [9.17, 15) is 14.4 Å². The number of piperidine rings is 1. The summed E-state index contributed by atoms with van der Waals surface area (Å²) in [6, 6.07) is 15.2. The lowest BCUT2D eigenvalue weighted by molar-refractivity contribution is -0.139. The van der Waals surface area contributed by atoms with Crippen molar-refractivity contribution in [2.45, 2.75) is 70.6 Å². The maximum absolute atomic E-state index is 12.0. The van der Waals surface area contributed by atoms with E-state index in [-0.39, 0.29) is 24.5 Å². The van der Waals surface area contributed by atoms with Crippen molar-refractivity contribution in [2.75, 3.05) is 20.2 Å². The van der Waals surface area contributed by atoms with Crippen molar-refractivity contribution < 1.29 is 23.9 Å². The van der Waals surface area contributed by atoms with Crippen molar-refractivity contribution >= 4 is 41.2 Å². The summed E-state index contributed by atoms with van der Waals surface area (Å²) >= 11 is 11.7. The van der Waals surface area contributed by atoms with Crippen molar-refractivity contribution in [1.29, 1.82) is 0 Å². The molecule has 10 heteroatoms. The van der Waals surface area contributed by atoms with Gasteiger partial charge in [-0.1, -0.05) is 47.5 Å². The largest absolute Gasteiger partial charge is 0.468 e. The van der Waals surface area contributed by atoms with Crippen LogP contribution in [0.5, 0.6) is 0 Å². The second-order valence-electron chi connectivity index (χ2n) is 10.4. The zero-order valence-electron chi connectivity index (χ0n) is 23.0. The summed E-state index contributed by atoms with van der Waals surface area (Å²) in [5.74, 6) is -0.183. The number of methoxy groups -OCH3 is 1. The molecule has 2 atom stereocenters. The predicted octanol–water partition coefficient (Wildman–Crippen LogP) is 5.09. The maximum atomic E-state index is 12.0. The number of halogens is 2. The Morgan fingerprint density at radius 1 is 1.03 bits per heavy atom. The van der Waals surface area contributed by atoms with Crippen LogP contribution in [0.3, 0.4) is 0 Å². The molecular formula is C29H39Cl2N3O5. The van der Waals surface area contributed by atoms with Gasteiger partial charge in [0.25, 0.3) is 0 Å². The number of carbonyl (C=O) groups is 3. The quantitative estimate of drug-likeness (QED) is 0.357. The molecule has 0 bridgehead atoms. The second-order valence-corrected chi connectivity index (χ2v) is 11.2. The molecule has 0 aromatic heterocycles. The van der Waals surface area contributed by atoms with Gasteiger partial charge in [0, 0.05) is 35.1 Å². The first-order chi connectivity index (χ1) is 18.4. The topological polar surface area (TPSA) is 106 Å². The smallest absolute Gasteiger partial charge is 0.407 e. The van der Waals surface area contributed by atoms with E-state index < -0.39 is 11.7 Å². The molecule has 3 rings (SSSR count). The van der Waals surface area contributed by atoms with Crippen LogP contribution in [0.25, 0.3) is 0 Å². The molecule has 2 amide bonds. The highest BCUT2D eigenvalue weighted by molar-refractivity contribution is 6.30. The number of hydrogen-bond donors (Lipinski definition) is 3. The summed E-state index contributed by atoms with van der Waals surface area (Å²) < 4.78 is 9.87. The molecule has 1 saturated heterocycles. The standard InChI is InChI=1S/C17H25ClN2O4.C12H14ClNO/c1-17(2,3)24-16(22)20-14(10-19-11-15(21)23-4)9-12-5-7-13(18)8-6-12;13-10-6-4-9(5-7-10)8-11-2-1-3-12(15)14-11/h5-8,14,19H,9-11H2,1-4H3,(H,20,22);4-7,11H,1-3,8H2,(H,14,15)/t14-;/m0./s1. The summed E-state index contributed by atoms with van der Waals surface area (Å²) in [5, 5.41) is 10.2. The number of hydrogen-bond acceptors (Lipinski definition) is 6. The summed E-state index contributed by atoms with van der Waals surface area (Å²) in [7, 11) is 1.33. The number of rotatable bonds is 9. The molecule has 3 N–H and O–H groups in total. The fourth-order valence-corrected chi connectivity index (χ4v) is 4.17. The Morgan fingerprint density at radius 2 is 1.62 bits per heavy atom. The van der Waals surface area contributed by atoms with Gasteiger partial charge in [0.15, 0.2) is 0 Å². The van der Waals surface area contributed by atoms with E-state index in [0.29, 0.717) is 30.5 Å². The third-order valence-electron chi connectivity index (χ3n) is 5.72. The molecule has 1 fully saturated rings. The van der Waals surface area contributed by atoms with E-state index in [2.05, 4.69) is 20.7 Å². The number of nitrogens with one attached hydrogen (secondary N) is 3. The average molecular weight is 581 g/mol. The molecule has 0 radical (unpaired) electrons. The van der Waals surface area contributed by atoms with Gasteiger partial charge in [-0.2, -0.15) is 0 Å². The minimum Gasteiger partial charge on any atom is -0.468 e. The van der Waals surface area contributed by atoms with Crippen molar-refractivity contribution in [3.05, 3.63) is 69.7 Å². The number of ether oxygens (including phenoxy) is 2. The van der Waals surface area contributed by atoms with E-state index in [1.54, 1.807) is 32.9 Å². The molecule has 2 aromatic carbocycles. The number of esters is 1. The first-order valence-electron chi connectivity index (χ1n) is 13.0. The molecule has 1 heterocycles. The van der Waals surface area contributed by atoms with Gasteiger partial charge >= 0.3 is 12.1 Å². The minimum absolute atomic E-state index is 0.0730. The van der Waals surface area contributed by atoms with Crippen LogP contribution in [0.1, 0.15) is 51.2 Å². The minimum atomic E-state index is -0.575. The predicted molar refractivity (Wildman–Crippen MR) is 154 cm³/mol. The first-order valence-corrected chi connectivity index (χ1v) is 13.7. The van der Waals surface area contributed by atoms with Crippen LogP contribution in [-0.2, 0) is 31.9 Å². The molecule has 0 saturated carbocycles. The van der Waals surface area contributed by atoms with Crippen molar-refractivity contribution in [3.8, 4) is 0 Å². The van der Waals surface area contributed by atoms with Crippen LogP contribution in [-0.4, -0.2) is 55.9 Å². The zero-order valence-corrected chi connectivity index (χ0v) is 24.5. The lowest BCUT2D eigenvalue weighted by atomic mass is 9.97. The molecular weight excluding hydrogens is 541 g/mol. The highest BCUT2D eigenvalue weighted by atomic mass is 35.5. The molecule has 1 unspecified atom stereocenters. The lowest BCUT2D eigenvalue weighted by Crippen LogP contribution is -2.46. The third kappa shape index (κ3) is 14.2. The van der Waals surface area contributed by atoms with Crippen LogP contribution in [0.2, 0.25) is 10.0 Å². The van der Waals surface area contributed by atoms with Crippen molar-refractivity contribution in [2.24, 2.45) is 0 Å². The fraction of sp³-hybridized carbons (Fsp3) is 0.483. The van der Waals surface area contributed by atoms with Crippen LogP contribution < -0.4 is 16.0 Å². The summed E-state index contributed by atoms with van der Waals surface area (Å²) in [6.45, 7) is 5.88. The monoisotopic (exact) mass is 579 g/mol. The van der Waals surface area contributed by atoms with Gasteiger partial charge in [0.2, 0.25) is 5.91 Å². The Labute approximate surface area is 241 Å². The van der Waals surface area contributed by atoms with Crippen molar-refractivity contribution in [1.82, 2.24) is 16.0 Å². The molecule has 0 aliphatic carbocycles. The maximum Gasteiger partial charge on any atom is 0.407 e. The zero-order chi connectivity index (χ0) is 28.8. The van der Waals surface area contributed by atoms with Gasteiger partial charge in [-0.15, -0.1) is 0 Å². The van der Waals surface area contributed by atoms with Crippen LogP contribution >= 0.6 is 23.2 Å². The molecule has 214 valence electrons. The van der Waals surface area contributed by atoms with Gasteiger partial charge in [-0.25, -0.2) is 4.79 Å². The van der Waals surface area contributed by atoms with Gasteiger partial charge in [0.1, 0.15) is 5.60 Å². The van der Waals surface area contributed by atoms with E-state index in [1.807, 2.05) is 36.4 Å². The Bertz CT molecular complexity index is 1060. The molecule has 39 heavy (non-hydrogen) atoms. The summed E-state index contributed by atoms with van der Waals surface area (Å²) in [4.78, 5) is 34.4. The Kier molecular flexibility index (Phi) is 13.6. The van der Waals surface area contributed by atoms with Crippen molar-refractivity contribution in [3.63, 3.8) is 0 Å². The fourth-order valence-electron chi connectivity index (χ4n) is 3.91. The number of benzene rings is 2. The van der Waals surface area contributed by atoms with Crippen LogP contribution in [0, 0.1) is 0 Å². The molecule has 2 aromatic rings. The van der Waals surface area contributed by atoms with E-state index in [0.717, 1.165) is 29.8 Å². The number of amides is 2. The first kappa shape index (κ1) is 32.4. The summed E-state index contributed by atoms with van der Waals surface area (Å²) in [6.07, 6.45) is 3.74. The Morgan fingerprint density at radius 3 is 2.15 bits per heavy atom. The Balaban J connectivity index is 0.000000302. The van der Waals surface area contributed by atoms with Crippen LogP contribution in [0.4, 0.5) is 4.79 Å². The molecule has 8 nitrogen and oxygen atoms in total. The van der Waals surface area contributed by atoms with Gasteiger partial charge < -0.3 is 25.4 Å². The SMILES string of the molecule is COC(=O)CNC[C@H](Cc1ccc(Cl)cc1)NC(=O)OC(C)(C)C.O=C1CCCC(Cc2ccc(Cl)cc2)N1. The van der Waals surface area contributed by atoms with Gasteiger partial charge in [0.05, 0.1) is 13.7 Å². The van der Waals surface area contributed by atoms with Crippen LogP contribution in [0.15, 0.2) is 48.5 Å². The van der Waals surface area contributed by atoms with Gasteiger partial charge in [-0.3, -0.25) is 9.59 Å². The molecule has 1 aliphatic heterocycles. The van der Waals surface area contributed by atoms with E-state index >= 15 is 0 Å². The highest BCUT2D eigenvalue weighted by Gasteiger charge is 2.20. The average Bonchev–Trinajstić information content (AvgIpc) is 2.86. The number of alkyl carbamates (subject to hydrolysis) is 1. The third-order valence-corrected chi connectivity index (χ3v) is 6.22. The molecule has 0 spiro atoms. The lowest BCUT2D eigenvalue weighted by Gasteiger charge is -2.24.